The normalized spacial score (nSPS) is 7.33. The van der Waals surface area contributed by atoms with Gasteiger partial charge in [0.15, 0.2) is 0 Å². The average molecular weight is 162 g/mol. The molecule has 12 heavy (non-hydrogen) atoms. The predicted octanol–water partition coefficient (Wildman–Crippen LogP) is 1.38. The monoisotopic (exact) mass is 162 g/mol. The number of allylic oxidation sites excluding steroid dienone is 2. The second-order valence-electron chi connectivity index (χ2n) is 2.99. The van der Waals surface area contributed by atoms with Crippen LogP contribution < -0.4 is 18.9 Å². The van der Waals surface area contributed by atoms with Crippen molar-refractivity contribution in [2.75, 3.05) is 0 Å². The molecule has 0 saturated carbocycles. The molecule has 0 aromatic rings. The molecule has 0 aliphatic rings. The van der Waals surface area contributed by atoms with Crippen molar-refractivity contribution >= 4 is 0 Å². The van der Waals surface area contributed by atoms with E-state index >= 15 is 0 Å². The molecular formula is C11H23Li. The van der Waals surface area contributed by atoms with Crippen molar-refractivity contribution in [2.24, 2.45) is 0 Å². The van der Waals surface area contributed by atoms with E-state index in [0.29, 0.717) is 0 Å². The SMILES string of the molecule is CCCCCC.[CH2-]C=C(C)C.[Li+]. The van der Waals surface area contributed by atoms with Gasteiger partial charge in [-0.2, -0.15) is 0 Å². The third-order valence-electron chi connectivity index (χ3n) is 1.37. The minimum atomic E-state index is 0. The second kappa shape index (κ2) is 17.3. The van der Waals surface area contributed by atoms with Gasteiger partial charge in [0.2, 0.25) is 0 Å². The third-order valence-corrected chi connectivity index (χ3v) is 1.37. The average Bonchev–Trinajstić information content (AvgIpc) is 2.02. The summed E-state index contributed by atoms with van der Waals surface area (Å²) in [6.07, 6.45) is 7.37. The summed E-state index contributed by atoms with van der Waals surface area (Å²) < 4.78 is 0. The van der Waals surface area contributed by atoms with E-state index in [2.05, 4.69) is 20.8 Å². The van der Waals surface area contributed by atoms with Crippen LogP contribution in [0.5, 0.6) is 0 Å². The van der Waals surface area contributed by atoms with E-state index in [-0.39, 0.29) is 18.9 Å². The Hall–Kier alpha value is 0.207. The van der Waals surface area contributed by atoms with E-state index in [0.717, 1.165) is 0 Å². The standard InChI is InChI=1S/C6H14.C5H9.Li/c1-3-5-6-4-2;1-4-5(2)3;/h3-6H2,1-2H3;4H,1H2,2-3H3;/q;-1;+1. The Morgan fingerprint density at radius 1 is 1.08 bits per heavy atom. The topological polar surface area (TPSA) is 0 Å². The Labute approximate surface area is 91.0 Å². The van der Waals surface area contributed by atoms with Crippen LogP contribution in [0, 0.1) is 6.92 Å². The van der Waals surface area contributed by atoms with Gasteiger partial charge in [0.25, 0.3) is 0 Å². The molecular weight excluding hydrogens is 139 g/mol. The van der Waals surface area contributed by atoms with Gasteiger partial charge in [-0.15, -0.1) is 13.8 Å². The Kier molecular flexibility index (Phi) is 26.1. The van der Waals surface area contributed by atoms with Crippen LogP contribution in [0.15, 0.2) is 11.6 Å². The number of hydrogen-bond acceptors (Lipinski definition) is 0. The Morgan fingerprint density at radius 2 is 1.33 bits per heavy atom. The zero-order chi connectivity index (χ0) is 9.11. The third kappa shape index (κ3) is 31.9. The molecule has 0 rings (SSSR count). The quantitative estimate of drug-likeness (QED) is 0.334. The molecule has 0 N–H and O–H groups in total. The molecule has 0 aromatic carbocycles. The van der Waals surface area contributed by atoms with E-state index < -0.39 is 0 Å². The largest absolute Gasteiger partial charge is 1.00 e. The summed E-state index contributed by atoms with van der Waals surface area (Å²) in [6, 6.07) is 0. The Balaban J connectivity index is -0.000000126. The van der Waals surface area contributed by atoms with Crippen molar-refractivity contribution in [1.82, 2.24) is 0 Å². The molecule has 0 radical (unpaired) electrons. The molecule has 0 saturated heterocycles. The van der Waals surface area contributed by atoms with Crippen LogP contribution in [0.3, 0.4) is 0 Å². The van der Waals surface area contributed by atoms with Crippen LogP contribution in [0.1, 0.15) is 53.4 Å². The van der Waals surface area contributed by atoms with Crippen LogP contribution >= 0.6 is 0 Å². The van der Waals surface area contributed by atoms with Gasteiger partial charge in [-0.3, -0.25) is 0 Å². The maximum absolute atomic E-state index is 3.52. The zero-order valence-corrected chi connectivity index (χ0v) is 9.61. The van der Waals surface area contributed by atoms with Crippen LogP contribution in [-0.2, 0) is 0 Å². The van der Waals surface area contributed by atoms with Gasteiger partial charge in [0.1, 0.15) is 0 Å². The summed E-state index contributed by atoms with van der Waals surface area (Å²) in [7, 11) is 0. The molecule has 0 atom stereocenters. The van der Waals surface area contributed by atoms with Crippen molar-refractivity contribution < 1.29 is 18.9 Å². The molecule has 0 spiro atoms. The van der Waals surface area contributed by atoms with Crippen molar-refractivity contribution in [3.05, 3.63) is 18.6 Å². The molecule has 0 aliphatic carbocycles. The maximum atomic E-state index is 3.52. The fourth-order valence-corrected chi connectivity index (χ4v) is 0.500. The molecule has 0 fully saturated rings. The van der Waals surface area contributed by atoms with E-state index in [4.69, 9.17) is 0 Å². The van der Waals surface area contributed by atoms with Gasteiger partial charge < -0.3 is 0 Å². The number of hydrogen-bond donors (Lipinski definition) is 0. The van der Waals surface area contributed by atoms with Crippen LogP contribution in [-0.4, -0.2) is 0 Å². The summed E-state index contributed by atoms with van der Waals surface area (Å²) in [5, 5.41) is 0. The van der Waals surface area contributed by atoms with Gasteiger partial charge in [-0.1, -0.05) is 39.5 Å². The smallest absolute Gasteiger partial charge is 0.245 e. The van der Waals surface area contributed by atoms with Crippen molar-refractivity contribution in [2.45, 2.75) is 53.4 Å². The molecule has 0 heterocycles. The van der Waals surface area contributed by atoms with Gasteiger partial charge >= 0.3 is 18.9 Å². The Morgan fingerprint density at radius 3 is 1.42 bits per heavy atom. The number of unbranched alkanes of at least 4 members (excludes halogenated alkanes) is 3. The van der Waals surface area contributed by atoms with Gasteiger partial charge in [-0.25, -0.2) is 18.6 Å². The molecule has 0 aromatic heterocycles. The fourth-order valence-electron chi connectivity index (χ4n) is 0.500. The van der Waals surface area contributed by atoms with Crippen LogP contribution in [0.25, 0.3) is 0 Å². The summed E-state index contributed by atoms with van der Waals surface area (Å²) in [5.41, 5.74) is 1.27. The van der Waals surface area contributed by atoms with E-state index in [9.17, 15) is 0 Å². The van der Waals surface area contributed by atoms with Crippen molar-refractivity contribution in [3.63, 3.8) is 0 Å². The summed E-state index contributed by atoms with van der Waals surface area (Å²) in [5.74, 6) is 0. The molecule has 0 nitrogen and oxygen atoms in total. The van der Waals surface area contributed by atoms with E-state index in [1.165, 1.54) is 31.3 Å². The number of rotatable bonds is 3. The predicted molar refractivity (Wildman–Crippen MR) is 54.6 cm³/mol. The molecule has 0 unspecified atom stereocenters. The van der Waals surface area contributed by atoms with Crippen LogP contribution in [0.2, 0.25) is 0 Å². The maximum Gasteiger partial charge on any atom is 1.00 e. The minimum absolute atomic E-state index is 0. The fraction of sp³-hybridized carbons (Fsp3) is 0.727. The summed E-state index contributed by atoms with van der Waals surface area (Å²) >= 11 is 0. The molecule has 1 heteroatoms. The van der Waals surface area contributed by atoms with Crippen molar-refractivity contribution in [3.8, 4) is 0 Å². The van der Waals surface area contributed by atoms with Crippen LogP contribution in [0.4, 0.5) is 0 Å². The van der Waals surface area contributed by atoms with E-state index in [1.807, 2.05) is 19.9 Å². The van der Waals surface area contributed by atoms with Crippen molar-refractivity contribution in [1.29, 1.82) is 0 Å². The molecule has 0 bridgehead atoms. The Bertz CT molecular complexity index is 77.0. The first-order chi connectivity index (χ1) is 5.18. The first-order valence-electron chi connectivity index (χ1n) is 4.61. The summed E-state index contributed by atoms with van der Waals surface area (Å²) in [4.78, 5) is 0. The molecule has 68 valence electrons. The van der Waals surface area contributed by atoms with Gasteiger partial charge in [0, 0.05) is 0 Å². The summed E-state index contributed by atoms with van der Waals surface area (Å²) in [6.45, 7) is 12.0. The second-order valence-corrected chi connectivity index (χ2v) is 2.99. The molecule has 0 aliphatic heterocycles. The molecule has 0 amide bonds. The first-order valence-corrected chi connectivity index (χ1v) is 4.61. The first kappa shape index (κ1) is 18.1. The zero-order valence-electron chi connectivity index (χ0n) is 9.61. The minimum Gasteiger partial charge on any atom is -0.245 e. The van der Waals surface area contributed by atoms with E-state index in [1.54, 1.807) is 0 Å². The van der Waals surface area contributed by atoms with Gasteiger partial charge in [-0.05, 0) is 0 Å². The van der Waals surface area contributed by atoms with Gasteiger partial charge in [0.05, 0.1) is 0 Å².